The van der Waals surface area contributed by atoms with Crippen LogP contribution in [-0.4, -0.2) is 62.1 Å². The lowest BCUT2D eigenvalue weighted by Crippen LogP contribution is -2.43. The molecule has 1 heterocycles. The van der Waals surface area contributed by atoms with Crippen molar-refractivity contribution < 1.29 is 0 Å². The van der Waals surface area contributed by atoms with Gasteiger partial charge in [0, 0.05) is 25.7 Å². The van der Waals surface area contributed by atoms with Crippen LogP contribution in [0.2, 0.25) is 0 Å². The first-order chi connectivity index (χ1) is 10.1. The predicted molar refractivity (Wildman–Crippen MR) is 104 cm³/mol. The second kappa shape index (κ2) is 7.69. The maximum absolute atomic E-state index is 4.99. The molecule has 3 aliphatic rings. The fourth-order valence-corrected chi connectivity index (χ4v) is 4.02. The van der Waals surface area contributed by atoms with E-state index in [1.807, 2.05) is 0 Å². The Hall–Kier alpha value is -0.0400. The third-order valence-corrected chi connectivity index (χ3v) is 5.74. The number of aliphatic imine (C=N–C) groups is 1. The van der Waals surface area contributed by atoms with Crippen LogP contribution in [0.5, 0.6) is 0 Å². The van der Waals surface area contributed by atoms with Gasteiger partial charge in [-0.25, -0.2) is 0 Å². The van der Waals surface area contributed by atoms with E-state index in [-0.39, 0.29) is 24.0 Å². The molecular formula is C17H33IN4. The van der Waals surface area contributed by atoms with Crippen LogP contribution >= 0.6 is 24.0 Å². The fourth-order valence-electron chi connectivity index (χ4n) is 4.02. The Labute approximate surface area is 153 Å². The molecule has 1 aliphatic heterocycles. The first-order valence-electron chi connectivity index (χ1n) is 8.83. The molecule has 0 amide bonds. The van der Waals surface area contributed by atoms with Crippen molar-refractivity contribution in [2.45, 2.75) is 51.5 Å². The molecule has 1 N–H and O–H groups in total. The second-order valence-electron chi connectivity index (χ2n) is 7.59. The summed E-state index contributed by atoms with van der Waals surface area (Å²) < 4.78 is 0. The summed E-state index contributed by atoms with van der Waals surface area (Å²) in [5.74, 6) is 2.04. The van der Waals surface area contributed by atoms with Gasteiger partial charge in [0.15, 0.2) is 5.96 Å². The van der Waals surface area contributed by atoms with Crippen molar-refractivity contribution in [2.24, 2.45) is 16.3 Å². The van der Waals surface area contributed by atoms with Crippen LogP contribution in [0.3, 0.4) is 0 Å². The summed E-state index contributed by atoms with van der Waals surface area (Å²) >= 11 is 0. The van der Waals surface area contributed by atoms with Gasteiger partial charge in [0.2, 0.25) is 0 Å². The molecular weight excluding hydrogens is 387 g/mol. The molecule has 22 heavy (non-hydrogen) atoms. The molecule has 1 unspecified atom stereocenters. The van der Waals surface area contributed by atoms with E-state index in [1.54, 1.807) is 0 Å². The van der Waals surface area contributed by atoms with Gasteiger partial charge in [-0.1, -0.05) is 6.42 Å². The van der Waals surface area contributed by atoms with Crippen molar-refractivity contribution in [3.05, 3.63) is 0 Å². The lowest BCUT2D eigenvalue weighted by atomic mass is 9.68. The molecule has 1 spiro atoms. The topological polar surface area (TPSA) is 30.9 Å². The Bertz CT molecular complexity index is 386. The molecule has 3 fully saturated rings. The van der Waals surface area contributed by atoms with E-state index in [2.05, 4.69) is 36.1 Å². The number of hydrogen-bond acceptors (Lipinski definition) is 2. The van der Waals surface area contributed by atoms with Gasteiger partial charge < -0.3 is 15.1 Å². The normalized spacial score (nSPS) is 25.1. The Morgan fingerprint density at radius 3 is 2.50 bits per heavy atom. The number of likely N-dealkylation sites (tertiary alicyclic amines) is 1. The molecule has 0 aromatic carbocycles. The van der Waals surface area contributed by atoms with Crippen molar-refractivity contribution in [2.75, 3.05) is 40.3 Å². The molecule has 1 atom stereocenters. The van der Waals surface area contributed by atoms with E-state index >= 15 is 0 Å². The monoisotopic (exact) mass is 420 g/mol. The van der Waals surface area contributed by atoms with Gasteiger partial charge in [-0.05, 0) is 64.5 Å². The van der Waals surface area contributed by atoms with Gasteiger partial charge in [0.1, 0.15) is 0 Å². The van der Waals surface area contributed by atoms with Crippen molar-refractivity contribution in [3.8, 4) is 0 Å². The molecule has 3 rings (SSSR count). The van der Waals surface area contributed by atoms with Crippen LogP contribution in [0.1, 0.15) is 45.4 Å². The zero-order chi connectivity index (χ0) is 14.9. The average Bonchev–Trinajstić information content (AvgIpc) is 3.13. The minimum atomic E-state index is 0. The Morgan fingerprint density at radius 2 is 2.05 bits per heavy atom. The van der Waals surface area contributed by atoms with Crippen molar-refractivity contribution in [1.82, 2.24) is 15.1 Å². The molecule has 0 radical (unpaired) electrons. The van der Waals surface area contributed by atoms with E-state index in [9.17, 15) is 0 Å². The molecule has 4 nitrogen and oxygen atoms in total. The molecule has 0 bridgehead atoms. The second-order valence-corrected chi connectivity index (χ2v) is 7.59. The van der Waals surface area contributed by atoms with Gasteiger partial charge in [0.25, 0.3) is 0 Å². The van der Waals surface area contributed by atoms with Crippen molar-refractivity contribution in [1.29, 1.82) is 0 Å². The number of halogens is 1. The number of guanidine groups is 1. The average molecular weight is 420 g/mol. The highest BCUT2D eigenvalue weighted by atomic mass is 127. The van der Waals surface area contributed by atoms with E-state index in [0.29, 0.717) is 11.5 Å². The largest absolute Gasteiger partial charge is 0.357 e. The molecule has 0 aromatic heterocycles. The minimum Gasteiger partial charge on any atom is -0.357 e. The fraction of sp³-hybridized carbons (Fsp3) is 0.941. The van der Waals surface area contributed by atoms with Crippen LogP contribution in [-0.2, 0) is 0 Å². The first kappa shape index (κ1) is 18.3. The van der Waals surface area contributed by atoms with Crippen LogP contribution in [0.25, 0.3) is 0 Å². The Kier molecular flexibility index (Phi) is 6.39. The van der Waals surface area contributed by atoms with Gasteiger partial charge in [-0.15, -0.1) is 24.0 Å². The van der Waals surface area contributed by atoms with E-state index < -0.39 is 0 Å². The van der Waals surface area contributed by atoms with Crippen LogP contribution in [0, 0.1) is 11.3 Å². The maximum atomic E-state index is 4.99. The first-order valence-corrected chi connectivity index (χ1v) is 8.83. The number of hydrogen-bond donors (Lipinski definition) is 1. The number of nitrogens with zero attached hydrogens (tertiary/aromatic N) is 3. The SMILES string of the molecule is CCNC(=NCC(C1CC1)N(C)C)N1CCC2(CCC2)C1.I. The highest BCUT2D eigenvalue weighted by Crippen LogP contribution is 2.47. The summed E-state index contributed by atoms with van der Waals surface area (Å²) in [6, 6.07) is 0.624. The molecule has 1 saturated heterocycles. The Balaban J connectivity index is 0.00000176. The van der Waals surface area contributed by atoms with Crippen molar-refractivity contribution >= 4 is 29.9 Å². The van der Waals surface area contributed by atoms with Crippen molar-refractivity contribution in [3.63, 3.8) is 0 Å². The standard InChI is InChI=1S/C17H32N4.HI/c1-4-18-16(19-12-15(20(2)3)14-6-7-14)21-11-10-17(13-21)8-5-9-17;/h14-15H,4-13H2,1-3H3,(H,18,19);1H. The lowest BCUT2D eigenvalue weighted by Gasteiger charge is -2.38. The smallest absolute Gasteiger partial charge is 0.193 e. The summed E-state index contributed by atoms with van der Waals surface area (Å²) in [4.78, 5) is 9.87. The predicted octanol–water partition coefficient (Wildman–Crippen LogP) is 2.79. The number of rotatable bonds is 5. The van der Waals surface area contributed by atoms with Crippen LogP contribution < -0.4 is 5.32 Å². The summed E-state index contributed by atoms with van der Waals surface area (Å²) in [6.07, 6.45) is 8.46. The third-order valence-electron chi connectivity index (χ3n) is 5.74. The summed E-state index contributed by atoms with van der Waals surface area (Å²) in [5, 5.41) is 3.52. The molecule has 128 valence electrons. The lowest BCUT2D eigenvalue weighted by molar-refractivity contribution is 0.151. The summed E-state index contributed by atoms with van der Waals surface area (Å²) in [7, 11) is 4.40. The summed E-state index contributed by atoms with van der Waals surface area (Å²) in [6.45, 7) is 6.52. The summed E-state index contributed by atoms with van der Waals surface area (Å²) in [5.41, 5.74) is 0.646. The molecule has 2 aliphatic carbocycles. The van der Waals surface area contributed by atoms with Crippen LogP contribution in [0.4, 0.5) is 0 Å². The quantitative estimate of drug-likeness (QED) is 0.422. The molecule has 5 heteroatoms. The Morgan fingerprint density at radius 1 is 1.32 bits per heavy atom. The van der Waals surface area contributed by atoms with Gasteiger partial charge in [-0.3, -0.25) is 4.99 Å². The zero-order valence-electron chi connectivity index (χ0n) is 14.5. The van der Waals surface area contributed by atoms with E-state index in [0.717, 1.165) is 25.0 Å². The minimum absolute atomic E-state index is 0. The highest BCUT2D eigenvalue weighted by molar-refractivity contribution is 14.0. The van der Waals surface area contributed by atoms with E-state index in [1.165, 1.54) is 51.6 Å². The number of likely N-dealkylation sites (N-methyl/N-ethyl adjacent to an activating group) is 1. The van der Waals surface area contributed by atoms with E-state index in [4.69, 9.17) is 4.99 Å². The highest BCUT2D eigenvalue weighted by Gasteiger charge is 2.43. The number of nitrogens with one attached hydrogen (secondary N) is 1. The van der Waals surface area contributed by atoms with Gasteiger partial charge >= 0.3 is 0 Å². The maximum Gasteiger partial charge on any atom is 0.193 e. The molecule has 0 aromatic rings. The zero-order valence-corrected chi connectivity index (χ0v) is 16.8. The van der Waals surface area contributed by atoms with Gasteiger partial charge in [-0.2, -0.15) is 0 Å². The van der Waals surface area contributed by atoms with Gasteiger partial charge in [0.05, 0.1) is 6.54 Å². The van der Waals surface area contributed by atoms with Crippen LogP contribution in [0.15, 0.2) is 4.99 Å². The third kappa shape index (κ3) is 4.08. The molecule has 2 saturated carbocycles.